The fraction of sp³-hybridized carbons (Fsp3) is 0. The lowest BCUT2D eigenvalue weighted by Gasteiger charge is -2.09. The Morgan fingerprint density at radius 2 is 1.55 bits per heavy atom. The third kappa shape index (κ3) is 3.10. The monoisotopic (exact) mass is 329 g/mol. The van der Waals surface area contributed by atoms with Crippen molar-refractivity contribution in [2.24, 2.45) is 0 Å². The van der Waals surface area contributed by atoms with Gasteiger partial charge in [-0.2, -0.15) is 0 Å². The van der Waals surface area contributed by atoms with E-state index in [0.29, 0.717) is 22.1 Å². The molecule has 0 aliphatic rings. The summed E-state index contributed by atoms with van der Waals surface area (Å²) in [4.78, 5) is 12.1. The zero-order valence-electron chi connectivity index (χ0n) is 10.1. The zero-order chi connectivity index (χ0) is 14.9. The Morgan fingerprint density at radius 3 is 2.20 bits per heavy atom. The molecule has 7 heteroatoms. The molecule has 0 spiro atoms. The Morgan fingerprint density at radius 1 is 0.900 bits per heavy atom. The van der Waals surface area contributed by atoms with Crippen LogP contribution in [0.2, 0.25) is 15.1 Å². The van der Waals surface area contributed by atoms with Crippen LogP contribution in [-0.2, 0) is 0 Å². The number of hydrogen-bond acceptors (Lipinski definition) is 3. The Labute approximate surface area is 130 Å². The van der Waals surface area contributed by atoms with Crippen molar-refractivity contribution in [3.63, 3.8) is 0 Å². The zero-order valence-corrected chi connectivity index (χ0v) is 12.4. The second kappa shape index (κ2) is 5.79. The molecular weight excluding hydrogens is 321 g/mol. The molecule has 0 saturated carbocycles. The molecule has 0 aliphatic carbocycles. The van der Waals surface area contributed by atoms with Crippen LogP contribution in [0, 0.1) is 0 Å². The minimum Gasteiger partial charge on any atom is -0.397 e. The summed E-state index contributed by atoms with van der Waals surface area (Å²) in [5, 5.41) is 3.54. The van der Waals surface area contributed by atoms with Crippen LogP contribution in [0.5, 0.6) is 0 Å². The second-order valence-electron chi connectivity index (χ2n) is 4.04. The minimum atomic E-state index is -0.418. The van der Waals surface area contributed by atoms with Gasteiger partial charge in [-0.05, 0) is 30.3 Å². The Hall–Kier alpha value is -1.62. The predicted octanol–water partition coefficient (Wildman–Crippen LogP) is 4.06. The maximum Gasteiger partial charge on any atom is 0.257 e. The van der Waals surface area contributed by atoms with Crippen LogP contribution in [0.25, 0.3) is 0 Å². The SMILES string of the molecule is Nc1cc(NC(=O)c2cc(Cl)c(N)cc2Cl)ccc1Cl. The highest BCUT2D eigenvalue weighted by atomic mass is 35.5. The highest BCUT2D eigenvalue weighted by molar-refractivity contribution is 6.38. The first-order valence-electron chi connectivity index (χ1n) is 5.49. The molecule has 0 bridgehead atoms. The molecule has 0 saturated heterocycles. The van der Waals surface area contributed by atoms with E-state index in [1.807, 2.05) is 0 Å². The molecule has 2 aromatic rings. The molecule has 0 fully saturated rings. The molecule has 0 atom stereocenters. The second-order valence-corrected chi connectivity index (χ2v) is 5.27. The molecule has 5 N–H and O–H groups in total. The van der Waals surface area contributed by atoms with Gasteiger partial charge in [0, 0.05) is 5.69 Å². The molecule has 0 radical (unpaired) electrons. The number of anilines is 3. The molecule has 104 valence electrons. The lowest BCUT2D eigenvalue weighted by atomic mass is 10.2. The number of benzene rings is 2. The van der Waals surface area contributed by atoms with Gasteiger partial charge in [-0.15, -0.1) is 0 Å². The average molecular weight is 331 g/mol. The van der Waals surface area contributed by atoms with Crippen LogP contribution in [0.4, 0.5) is 17.1 Å². The van der Waals surface area contributed by atoms with E-state index in [-0.39, 0.29) is 15.6 Å². The van der Waals surface area contributed by atoms with E-state index >= 15 is 0 Å². The van der Waals surface area contributed by atoms with Gasteiger partial charge >= 0.3 is 0 Å². The van der Waals surface area contributed by atoms with E-state index in [4.69, 9.17) is 46.3 Å². The summed E-state index contributed by atoms with van der Waals surface area (Å²) in [6.07, 6.45) is 0. The van der Waals surface area contributed by atoms with Gasteiger partial charge in [0.2, 0.25) is 0 Å². The largest absolute Gasteiger partial charge is 0.397 e. The van der Waals surface area contributed by atoms with Crippen molar-refractivity contribution in [1.29, 1.82) is 0 Å². The third-order valence-corrected chi connectivity index (χ3v) is 3.57. The van der Waals surface area contributed by atoms with E-state index in [0.717, 1.165) is 0 Å². The van der Waals surface area contributed by atoms with E-state index < -0.39 is 5.91 Å². The van der Waals surface area contributed by atoms with Crippen molar-refractivity contribution in [3.8, 4) is 0 Å². The summed E-state index contributed by atoms with van der Waals surface area (Å²) < 4.78 is 0. The number of halogens is 3. The van der Waals surface area contributed by atoms with E-state index in [1.54, 1.807) is 18.2 Å². The van der Waals surface area contributed by atoms with Crippen LogP contribution < -0.4 is 16.8 Å². The van der Waals surface area contributed by atoms with Crippen molar-refractivity contribution < 1.29 is 4.79 Å². The van der Waals surface area contributed by atoms with Gasteiger partial charge in [0.15, 0.2) is 0 Å². The fourth-order valence-electron chi connectivity index (χ4n) is 1.56. The van der Waals surface area contributed by atoms with Crippen LogP contribution in [-0.4, -0.2) is 5.91 Å². The van der Waals surface area contributed by atoms with Crippen molar-refractivity contribution >= 4 is 57.8 Å². The first-order valence-corrected chi connectivity index (χ1v) is 6.63. The molecule has 0 heterocycles. The topological polar surface area (TPSA) is 81.1 Å². The van der Waals surface area contributed by atoms with Gasteiger partial charge in [0.25, 0.3) is 5.91 Å². The van der Waals surface area contributed by atoms with Crippen LogP contribution in [0.1, 0.15) is 10.4 Å². The summed E-state index contributed by atoms with van der Waals surface area (Å²) in [6.45, 7) is 0. The van der Waals surface area contributed by atoms with Crippen molar-refractivity contribution in [2.45, 2.75) is 0 Å². The Bertz CT molecular complexity index is 689. The minimum absolute atomic E-state index is 0.214. The number of amides is 1. The number of hydrogen-bond donors (Lipinski definition) is 3. The maximum absolute atomic E-state index is 12.1. The summed E-state index contributed by atoms with van der Waals surface area (Å²) in [6, 6.07) is 7.60. The Balaban J connectivity index is 2.28. The first kappa shape index (κ1) is 14.8. The average Bonchev–Trinajstić information content (AvgIpc) is 2.38. The highest BCUT2D eigenvalue weighted by Gasteiger charge is 2.13. The number of carbonyl (C=O) groups is 1. The fourth-order valence-corrected chi connectivity index (χ4v) is 2.10. The van der Waals surface area contributed by atoms with Gasteiger partial charge in [-0.25, -0.2) is 0 Å². The standard InChI is InChI=1S/C13H10Cl3N3O/c14-8-2-1-6(3-11(8)17)19-13(20)7-4-10(16)12(18)5-9(7)15/h1-5H,17-18H2,(H,19,20). The predicted molar refractivity (Wildman–Crippen MR) is 84.7 cm³/mol. The van der Waals surface area contributed by atoms with Crippen LogP contribution in [0.15, 0.2) is 30.3 Å². The van der Waals surface area contributed by atoms with E-state index in [9.17, 15) is 4.79 Å². The first-order chi connectivity index (χ1) is 9.38. The molecule has 0 aliphatic heterocycles. The number of nitrogen functional groups attached to an aromatic ring is 2. The van der Waals surface area contributed by atoms with Crippen LogP contribution in [0.3, 0.4) is 0 Å². The highest BCUT2D eigenvalue weighted by Crippen LogP contribution is 2.28. The van der Waals surface area contributed by atoms with E-state index in [2.05, 4.69) is 5.32 Å². The molecule has 2 rings (SSSR count). The summed E-state index contributed by atoms with van der Waals surface area (Å²) in [5.41, 5.74) is 12.7. The van der Waals surface area contributed by atoms with E-state index in [1.165, 1.54) is 12.1 Å². The molecule has 20 heavy (non-hydrogen) atoms. The number of rotatable bonds is 2. The van der Waals surface area contributed by atoms with Gasteiger partial charge in [-0.1, -0.05) is 34.8 Å². The number of nitrogens with two attached hydrogens (primary N) is 2. The molecule has 0 unspecified atom stereocenters. The van der Waals surface area contributed by atoms with Gasteiger partial charge in [0.05, 0.1) is 32.0 Å². The van der Waals surface area contributed by atoms with Crippen LogP contribution >= 0.6 is 34.8 Å². The molecule has 4 nitrogen and oxygen atoms in total. The Kier molecular flexibility index (Phi) is 4.28. The normalized spacial score (nSPS) is 10.3. The molecular formula is C13H10Cl3N3O. The quantitative estimate of drug-likeness (QED) is 0.726. The van der Waals surface area contributed by atoms with Crippen molar-refractivity contribution in [1.82, 2.24) is 0 Å². The lowest BCUT2D eigenvalue weighted by molar-refractivity contribution is 0.102. The van der Waals surface area contributed by atoms with Gasteiger partial charge in [0.1, 0.15) is 0 Å². The lowest BCUT2D eigenvalue weighted by Crippen LogP contribution is -2.13. The molecule has 2 aromatic carbocycles. The maximum atomic E-state index is 12.1. The molecule has 0 aromatic heterocycles. The summed E-state index contributed by atoms with van der Waals surface area (Å²) >= 11 is 17.7. The van der Waals surface area contributed by atoms with Gasteiger partial charge in [-0.3, -0.25) is 4.79 Å². The number of carbonyl (C=O) groups excluding carboxylic acids is 1. The van der Waals surface area contributed by atoms with Gasteiger partial charge < -0.3 is 16.8 Å². The third-order valence-electron chi connectivity index (χ3n) is 2.58. The van der Waals surface area contributed by atoms with Crippen molar-refractivity contribution in [3.05, 3.63) is 51.0 Å². The van der Waals surface area contributed by atoms with Crippen molar-refractivity contribution in [2.75, 3.05) is 16.8 Å². The number of nitrogens with one attached hydrogen (secondary N) is 1. The smallest absolute Gasteiger partial charge is 0.257 e. The molecule has 1 amide bonds. The summed E-state index contributed by atoms with van der Waals surface area (Å²) in [7, 11) is 0. The summed E-state index contributed by atoms with van der Waals surface area (Å²) in [5.74, 6) is -0.418.